The Hall–Kier alpha value is -2.94. The number of hydrogen-bond acceptors (Lipinski definition) is 5. The fraction of sp³-hybridized carbons (Fsp3) is 0. The number of non-ortho nitro benzene ring substituents is 1. The van der Waals surface area contributed by atoms with E-state index in [0.29, 0.717) is 21.6 Å². The van der Waals surface area contributed by atoms with Gasteiger partial charge in [-0.2, -0.15) is 0 Å². The molecule has 1 aromatic carbocycles. The molecule has 0 bridgehead atoms. The second-order valence-corrected chi connectivity index (χ2v) is 5.44. The van der Waals surface area contributed by atoms with Gasteiger partial charge in [0, 0.05) is 28.2 Å². The summed E-state index contributed by atoms with van der Waals surface area (Å²) in [4.78, 5) is 32.9. The zero-order valence-electron chi connectivity index (χ0n) is 11.3. The summed E-state index contributed by atoms with van der Waals surface area (Å²) in [5.74, 6) is 0.160. The van der Waals surface area contributed by atoms with Crippen molar-refractivity contribution in [1.29, 1.82) is 0 Å². The molecule has 0 saturated carbocycles. The van der Waals surface area contributed by atoms with E-state index in [1.54, 1.807) is 18.2 Å². The van der Waals surface area contributed by atoms with Gasteiger partial charge in [0.25, 0.3) is 11.6 Å². The van der Waals surface area contributed by atoms with Crippen LogP contribution in [-0.2, 0) is 4.79 Å². The maximum atomic E-state index is 11.5. The number of amides is 3. The molecule has 2 aromatic rings. The van der Waals surface area contributed by atoms with Gasteiger partial charge in [0.15, 0.2) is 0 Å². The van der Waals surface area contributed by atoms with Crippen LogP contribution in [0.5, 0.6) is 0 Å². The largest absolute Gasteiger partial charge is 0.457 e. The predicted molar refractivity (Wildman–Crippen MR) is 83.1 cm³/mol. The Morgan fingerprint density at radius 2 is 1.96 bits per heavy atom. The molecule has 3 rings (SSSR count). The Bertz CT molecular complexity index is 871. The van der Waals surface area contributed by atoms with Crippen LogP contribution in [0.2, 0.25) is 0 Å². The number of carbonyl (C=O) groups is 2. The van der Waals surface area contributed by atoms with Crippen LogP contribution in [0.25, 0.3) is 17.4 Å². The Morgan fingerprint density at radius 1 is 1.17 bits per heavy atom. The van der Waals surface area contributed by atoms with E-state index in [9.17, 15) is 19.7 Å². The number of hydrogen-bond donors (Lipinski definition) is 2. The zero-order chi connectivity index (χ0) is 16.6. The number of carbonyl (C=O) groups excluding carboxylic acids is 2. The topological polar surface area (TPSA) is 114 Å². The Morgan fingerprint density at radius 3 is 2.61 bits per heavy atom. The first kappa shape index (κ1) is 15.0. The van der Waals surface area contributed by atoms with Crippen molar-refractivity contribution in [2.75, 3.05) is 0 Å². The smallest absolute Gasteiger partial charge is 0.326 e. The number of imide groups is 1. The van der Waals surface area contributed by atoms with Crippen LogP contribution in [0.3, 0.4) is 0 Å². The first-order valence-corrected chi connectivity index (χ1v) is 7.11. The minimum Gasteiger partial charge on any atom is -0.457 e. The van der Waals surface area contributed by atoms with E-state index in [2.05, 4.69) is 26.6 Å². The standard InChI is InChI=1S/C14H8BrN3O5/c15-10-3-1-7(18(21)22)5-9(10)12-4-2-8(23-12)6-11-13(19)17-14(20)16-11/h1-6H,(H2,16,17,19,20)/b11-6+. The van der Waals surface area contributed by atoms with Gasteiger partial charge in [-0.15, -0.1) is 0 Å². The molecule has 0 radical (unpaired) electrons. The number of furan rings is 1. The molecule has 1 aliphatic heterocycles. The summed E-state index contributed by atoms with van der Waals surface area (Å²) in [6.45, 7) is 0. The van der Waals surface area contributed by atoms with Gasteiger partial charge in [-0.05, 0) is 18.2 Å². The second kappa shape index (κ2) is 5.69. The molecule has 2 heterocycles. The molecule has 116 valence electrons. The quantitative estimate of drug-likeness (QED) is 0.369. The van der Waals surface area contributed by atoms with Crippen LogP contribution < -0.4 is 10.6 Å². The third-order valence-corrected chi connectivity index (χ3v) is 3.75. The Labute approximate surface area is 137 Å². The second-order valence-electron chi connectivity index (χ2n) is 4.59. The van der Waals surface area contributed by atoms with Crippen molar-refractivity contribution in [2.45, 2.75) is 0 Å². The fourth-order valence-electron chi connectivity index (χ4n) is 2.02. The molecule has 0 unspecified atom stereocenters. The normalized spacial score (nSPS) is 15.6. The summed E-state index contributed by atoms with van der Waals surface area (Å²) >= 11 is 3.31. The van der Waals surface area contributed by atoms with Crippen LogP contribution in [0, 0.1) is 10.1 Å². The number of rotatable bonds is 3. The first-order chi connectivity index (χ1) is 10.9. The predicted octanol–water partition coefficient (Wildman–Crippen LogP) is 2.80. The van der Waals surface area contributed by atoms with Crippen molar-refractivity contribution in [3.05, 3.63) is 56.4 Å². The molecule has 1 saturated heterocycles. The zero-order valence-corrected chi connectivity index (χ0v) is 12.9. The summed E-state index contributed by atoms with van der Waals surface area (Å²) in [5.41, 5.74) is 0.500. The van der Waals surface area contributed by atoms with Crippen molar-refractivity contribution in [2.24, 2.45) is 0 Å². The van der Waals surface area contributed by atoms with Gasteiger partial charge in [0.05, 0.1) is 4.92 Å². The van der Waals surface area contributed by atoms with E-state index in [0.717, 1.165) is 0 Å². The maximum Gasteiger partial charge on any atom is 0.326 e. The van der Waals surface area contributed by atoms with Gasteiger partial charge in [-0.25, -0.2) is 4.79 Å². The number of nitro benzene ring substituents is 1. The van der Waals surface area contributed by atoms with Gasteiger partial charge >= 0.3 is 6.03 Å². The Kier molecular flexibility index (Phi) is 3.70. The molecule has 1 fully saturated rings. The summed E-state index contributed by atoms with van der Waals surface area (Å²) in [6.07, 6.45) is 1.37. The minimum absolute atomic E-state index is 0.0639. The minimum atomic E-state index is -0.602. The lowest BCUT2D eigenvalue weighted by Crippen LogP contribution is -2.22. The molecular formula is C14H8BrN3O5. The summed E-state index contributed by atoms with van der Waals surface area (Å²) < 4.78 is 6.20. The fourth-order valence-corrected chi connectivity index (χ4v) is 2.46. The molecular weight excluding hydrogens is 370 g/mol. The lowest BCUT2D eigenvalue weighted by molar-refractivity contribution is -0.384. The molecule has 0 spiro atoms. The molecule has 1 aliphatic rings. The Balaban J connectivity index is 1.95. The summed E-state index contributed by atoms with van der Waals surface area (Å²) in [6, 6.07) is 6.91. The third kappa shape index (κ3) is 2.99. The number of nitrogens with one attached hydrogen (secondary N) is 2. The molecule has 0 aliphatic carbocycles. The van der Waals surface area contributed by atoms with E-state index in [-0.39, 0.29) is 11.4 Å². The first-order valence-electron chi connectivity index (χ1n) is 6.32. The van der Waals surface area contributed by atoms with Gasteiger partial charge in [-0.1, -0.05) is 15.9 Å². The van der Waals surface area contributed by atoms with E-state index in [4.69, 9.17) is 4.42 Å². The van der Waals surface area contributed by atoms with Crippen molar-refractivity contribution >= 4 is 39.6 Å². The highest BCUT2D eigenvalue weighted by Crippen LogP contribution is 2.33. The maximum absolute atomic E-state index is 11.5. The highest BCUT2D eigenvalue weighted by atomic mass is 79.9. The lowest BCUT2D eigenvalue weighted by Gasteiger charge is -2.01. The monoisotopic (exact) mass is 377 g/mol. The third-order valence-electron chi connectivity index (χ3n) is 3.06. The number of nitro groups is 1. The van der Waals surface area contributed by atoms with Crippen LogP contribution >= 0.6 is 15.9 Å². The highest BCUT2D eigenvalue weighted by Gasteiger charge is 2.23. The molecule has 3 amide bonds. The number of halogens is 1. The van der Waals surface area contributed by atoms with Crippen LogP contribution in [0.1, 0.15) is 5.76 Å². The van der Waals surface area contributed by atoms with Crippen molar-refractivity contribution in [1.82, 2.24) is 10.6 Å². The number of nitrogens with zero attached hydrogens (tertiary/aromatic N) is 1. The molecule has 2 N–H and O–H groups in total. The van der Waals surface area contributed by atoms with E-state index in [1.807, 2.05) is 0 Å². The summed E-state index contributed by atoms with van der Waals surface area (Å²) in [7, 11) is 0. The number of benzene rings is 1. The van der Waals surface area contributed by atoms with Crippen LogP contribution in [0.15, 0.2) is 44.9 Å². The molecule has 23 heavy (non-hydrogen) atoms. The number of urea groups is 1. The van der Waals surface area contributed by atoms with Gasteiger partial charge in [-0.3, -0.25) is 20.2 Å². The molecule has 8 nitrogen and oxygen atoms in total. The van der Waals surface area contributed by atoms with Crippen molar-refractivity contribution in [3.63, 3.8) is 0 Å². The average Bonchev–Trinajstić information content (AvgIpc) is 3.06. The molecule has 9 heteroatoms. The van der Waals surface area contributed by atoms with Gasteiger partial charge in [0.2, 0.25) is 0 Å². The van der Waals surface area contributed by atoms with Crippen molar-refractivity contribution < 1.29 is 18.9 Å². The van der Waals surface area contributed by atoms with Crippen LogP contribution in [-0.4, -0.2) is 16.9 Å². The van der Waals surface area contributed by atoms with E-state index < -0.39 is 16.9 Å². The summed E-state index contributed by atoms with van der Waals surface area (Å²) in [5, 5.41) is 15.3. The average molecular weight is 378 g/mol. The molecule has 1 aromatic heterocycles. The lowest BCUT2D eigenvalue weighted by atomic mass is 10.1. The highest BCUT2D eigenvalue weighted by molar-refractivity contribution is 9.10. The van der Waals surface area contributed by atoms with Gasteiger partial charge in [0.1, 0.15) is 17.2 Å². The molecule has 0 atom stereocenters. The van der Waals surface area contributed by atoms with E-state index in [1.165, 1.54) is 18.2 Å². The van der Waals surface area contributed by atoms with E-state index >= 15 is 0 Å². The van der Waals surface area contributed by atoms with Crippen LogP contribution in [0.4, 0.5) is 10.5 Å². The van der Waals surface area contributed by atoms with Crippen molar-refractivity contribution in [3.8, 4) is 11.3 Å². The van der Waals surface area contributed by atoms with Gasteiger partial charge < -0.3 is 9.73 Å². The SMILES string of the molecule is O=C1NC(=O)/C(=C\c2ccc(-c3cc([N+](=O)[O-])ccc3Br)o2)N1.